The number of aliphatic hydroxyl groups excluding tert-OH is 1. The highest BCUT2D eigenvalue weighted by Gasteiger charge is 2.45. The molecule has 3 fully saturated rings. The van der Waals surface area contributed by atoms with E-state index in [-0.39, 0.29) is 43.7 Å². The fourth-order valence-electron chi connectivity index (χ4n) is 6.57. The number of ether oxygens (including phenoxy) is 3. The van der Waals surface area contributed by atoms with Gasteiger partial charge in [0, 0.05) is 18.4 Å². The summed E-state index contributed by atoms with van der Waals surface area (Å²) in [6.45, 7) is 33.5. The van der Waals surface area contributed by atoms with E-state index in [1.807, 2.05) is 46.8 Å². The molecule has 3 saturated heterocycles. The summed E-state index contributed by atoms with van der Waals surface area (Å²) >= 11 is 0. The van der Waals surface area contributed by atoms with E-state index in [9.17, 15) is 15.0 Å². The van der Waals surface area contributed by atoms with Crippen LogP contribution in [0.5, 0.6) is 0 Å². The second-order valence-electron chi connectivity index (χ2n) is 14.9. The molecule has 7 nitrogen and oxygen atoms in total. The molecule has 3 aliphatic heterocycles. The van der Waals surface area contributed by atoms with Gasteiger partial charge in [-0.3, -0.25) is 4.90 Å². The van der Waals surface area contributed by atoms with Gasteiger partial charge in [-0.2, -0.15) is 13.5 Å². The number of likely N-dealkylation sites (tertiary alicyclic amines) is 1. The van der Waals surface area contributed by atoms with Crippen LogP contribution < -0.4 is 0 Å². The quantitative estimate of drug-likeness (QED) is 0.268. The van der Waals surface area contributed by atoms with Gasteiger partial charge in [-0.1, -0.05) is 52.8 Å². The summed E-state index contributed by atoms with van der Waals surface area (Å²) in [7, 11) is 0. The second-order valence-corrected chi connectivity index (χ2v) is 14.9. The number of hydrogen-bond acceptors (Lipinski definition) is 6. The van der Waals surface area contributed by atoms with E-state index in [2.05, 4.69) is 54.4 Å². The number of aliphatic hydroxyl groups is 2. The predicted molar refractivity (Wildman–Crippen MR) is 192 cm³/mol. The molecule has 0 spiro atoms. The molecule has 1 amide bonds. The maximum Gasteiger partial charge on any atom is 0.410 e. The van der Waals surface area contributed by atoms with Crippen molar-refractivity contribution in [3.8, 4) is 0 Å². The van der Waals surface area contributed by atoms with E-state index in [0.29, 0.717) is 42.3 Å². The third kappa shape index (κ3) is 13.4. The van der Waals surface area contributed by atoms with Crippen LogP contribution in [0.2, 0.25) is 0 Å². The third-order valence-corrected chi connectivity index (χ3v) is 9.65. The van der Waals surface area contributed by atoms with Gasteiger partial charge in [0.05, 0.1) is 30.5 Å². The number of rotatable bonds is 7. The van der Waals surface area contributed by atoms with Gasteiger partial charge in [0.2, 0.25) is 0 Å². The van der Waals surface area contributed by atoms with Crippen molar-refractivity contribution in [3.05, 3.63) is 38.0 Å². The van der Waals surface area contributed by atoms with Crippen molar-refractivity contribution in [3.63, 3.8) is 0 Å². The van der Waals surface area contributed by atoms with Gasteiger partial charge in [0.15, 0.2) is 5.79 Å². The molecule has 3 aliphatic rings. The molecule has 12 atom stereocenters. The highest BCUT2D eigenvalue weighted by atomic mass is 32.1. The zero-order valence-corrected chi connectivity index (χ0v) is 31.4. The SMILES string of the molecule is C=CCC1(O)O[C@H](C)[C@H](C)C[C@@H]1C.C=CCC1[C@@H](C)CC([C@@H](C)O)N1C(=O)OC(C)(C)C.C=CC[C@@H]1O[C@H](C)[C@H](C)C[C@@H]1C.S. The van der Waals surface area contributed by atoms with Crippen molar-refractivity contribution < 1.29 is 29.2 Å². The number of carbonyl (C=O) groups excluding carboxylic acids is 1. The molecule has 0 aliphatic carbocycles. The molecular formula is C37H69NO6S. The van der Waals surface area contributed by atoms with Crippen molar-refractivity contribution >= 4 is 19.6 Å². The highest BCUT2D eigenvalue weighted by Crippen LogP contribution is 2.38. The summed E-state index contributed by atoms with van der Waals surface area (Å²) in [5.41, 5.74) is -0.523. The van der Waals surface area contributed by atoms with Crippen LogP contribution >= 0.6 is 13.5 Å². The molecule has 264 valence electrons. The molecule has 0 radical (unpaired) electrons. The highest BCUT2D eigenvalue weighted by molar-refractivity contribution is 7.59. The summed E-state index contributed by atoms with van der Waals surface area (Å²) in [5.74, 6) is 1.48. The van der Waals surface area contributed by atoms with Crippen LogP contribution in [0.25, 0.3) is 0 Å². The lowest BCUT2D eigenvalue weighted by molar-refractivity contribution is -0.286. The van der Waals surface area contributed by atoms with Gasteiger partial charge in [-0.25, -0.2) is 4.79 Å². The van der Waals surface area contributed by atoms with Gasteiger partial charge >= 0.3 is 6.09 Å². The Kier molecular flexibility index (Phi) is 18.9. The van der Waals surface area contributed by atoms with Gasteiger partial charge in [0.25, 0.3) is 0 Å². The zero-order chi connectivity index (χ0) is 34.0. The predicted octanol–water partition coefficient (Wildman–Crippen LogP) is 8.41. The van der Waals surface area contributed by atoms with Crippen molar-refractivity contribution in [2.45, 2.75) is 163 Å². The minimum atomic E-state index is -0.978. The van der Waals surface area contributed by atoms with Crippen LogP contribution in [-0.2, 0) is 14.2 Å². The topological polar surface area (TPSA) is 88.5 Å². The smallest absolute Gasteiger partial charge is 0.410 e. The Morgan fingerprint density at radius 3 is 1.96 bits per heavy atom. The molecule has 8 heteroatoms. The lowest BCUT2D eigenvalue weighted by Gasteiger charge is -2.43. The van der Waals surface area contributed by atoms with Crippen LogP contribution in [0.15, 0.2) is 38.0 Å². The van der Waals surface area contributed by atoms with Crippen molar-refractivity contribution in [2.24, 2.45) is 29.6 Å². The normalized spacial score (nSPS) is 37.0. The average Bonchev–Trinajstić information content (AvgIpc) is 3.23. The van der Waals surface area contributed by atoms with Crippen LogP contribution in [-0.4, -0.2) is 69.1 Å². The summed E-state index contributed by atoms with van der Waals surface area (Å²) in [4.78, 5) is 14.1. The maximum atomic E-state index is 12.4. The standard InChI is InChI=1S/C15H27NO3.C11H20O2.C11H20O.H2S/c1-7-8-12-10(2)9-13(11(3)17)16(12)14(18)19-15(4,5)6;1-5-6-11(12)9(3)7-8(2)10(4)13-11;1-5-6-11-9(3)7-8(2)10(4)12-11;/h7,10-13,17H,1,8-9H2,2-6H3;5,8-10,12H,1,6-7H2,2-4H3;5,8-11H,1,6-7H2,2-4H3;1H2/t10-,11+,12?,13?;8-,9+,10-,11?;8-,9+,10-,11+;/m011./s1. The lowest BCUT2D eigenvalue weighted by atomic mass is 9.83. The monoisotopic (exact) mass is 655 g/mol. The molecule has 0 aromatic carbocycles. The lowest BCUT2D eigenvalue weighted by Crippen LogP contribution is -2.48. The molecule has 3 rings (SSSR count). The van der Waals surface area contributed by atoms with E-state index in [4.69, 9.17) is 14.2 Å². The molecular weight excluding hydrogens is 586 g/mol. The fraction of sp³-hybridized carbons (Fsp3) is 0.811. The Labute approximate surface area is 283 Å². The van der Waals surface area contributed by atoms with Crippen molar-refractivity contribution in [1.29, 1.82) is 0 Å². The van der Waals surface area contributed by atoms with Crippen LogP contribution in [0, 0.1) is 29.6 Å². The minimum Gasteiger partial charge on any atom is -0.444 e. The van der Waals surface area contributed by atoms with Gasteiger partial charge < -0.3 is 24.4 Å². The van der Waals surface area contributed by atoms with Crippen LogP contribution in [0.1, 0.15) is 115 Å². The van der Waals surface area contributed by atoms with E-state index in [0.717, 1.165) is 25.7 Å². The molecule has 0 saturated carbocycles. The Morgan fingerprint density at radius 2 is 1.47 bits per heavy atom. The Balaban J connectivity index is 0.000000660. The molecule has 3 unspecified atom stereocenters. The maximum absolute atomic E-state index is 12.4. The zero-order valence-electron chi connectivity index (χ0n) is 30.4. The molecule has 0 aromatic rings. The van der Waals surface area contributed by atoms with E-state index in [1.165, 1.54) is 6.42 Å². The van der Waals surface area contributed by atoms with Crippen LogP contribution in [0.4, 0.5) is 4.79 Å². The molecule has 0 aromatic heterocycles. The van der Waals surface area contributed by atoms with Gasteiger partial charge in [-0.05, 0) is 97.3 Å². The molecule has 45 heavy (non-hydrogen) atoms. The minimum absolute atomic E-state index is 0. The van der Waals surface area contributed by atoms with E-state index in [1.54, 1.807) is 17.9 Å². The average molecular weight is 656 g/mol. The number of amides is 1. The first-order valence-corrected chi connectivity index (χ1v) is 16.9. The van der Waals surface area contributed by atoms with Crippen molar-refractivity contribution in [1.82, 2.24) is 4.90 Å². The molecule has 2 N–H and O–H groups in total. The second kappa shape index (κ2) is 19.5. The largest absolute Gasteiger partial charge is 0.444 e. The molecule has 3 heterocycles. The third-order valence-electron chi connectivity index (χ3n) is 9.65. The van der Waals surface area contributed by atoms with Gasteiger partial charge in [-0.15, -0.1) is 19.7 Å². The number of hydrogen-bond donors (Lipinski definition) is 2. The van der Waals surface area contributed by atoms with E-state index < -0.39 is 17.5 Å². The number of carbonyl (C=O) groups is 1. The first-order valence-electron chi connectivity index (χ1n) is 16.9. The summed E-state index contributed by atoms with van der Waals surface area (Å²) in [6.07, 6.45) is 10.9. The fourth-order valence-corrected chi connectivity index (χ4v) is 6.57. The Bertz CT molecular complexity index is 906. The van der Waals surface area contributed by atoms with E-state index >= 15 is 0 Å². The molecule has 0 bridgehead atoms. The summed E-state index contributed by atoms with van der Waals surface area (Å²) in [6, 6.07) is -0.109. The summed E-state index contributed by atoms with van der Waals surface area (Å²) in [5, 5.41) is 20.0. The first-order chi connectivity index (χ1) is 20.3. The van der Waals surface area contributed by atoms with Crippen molar-refractivity contribution in [2.75, 3.05) is 0 Å². The first kappa shape index (κ1) is 43.7. The Morgan fingerprint density at radius 1 is 0.911 bits per heavy atom. The summed E-state index contributed by atoms with van der Waals surface area (Å²) < 4.78 is 17.0. The number of nitrogens with zero attached hydrogens (tertiary/aromatic N) is 1. The Hall–Kier alpha value is -1.32. The van der Waals surface area contributed by atoms with Gasteiger partial charge in [0.1, 0.15) is 5.60 Å². The van der Waals surface area contributed by atoms with Crippen LogP contribution in [0.3, 0.4) is 0 Å².